The first-order valence-electron chi connectivity index (χ1n) is 8.96. The molecule has 7 heteroatoms. The molecule has 1 aliphatic rings. The van der Waals surface area contributed by atoms with Crippen LogP contribution in [0.2, 0.25) is 0 Å². The Balaban J connectivity index is 2.05. The zero-order valence-corrected chi connectivity index (χ0v) is 15.5. The van der Waals surface area contributed by atoms with Crippen molar-refractivity contribution in [1.29, 1.82) is 0 Å². The van der Waals surface area contributed by atoms with Crippen molar-refractivity contribution in [3.05, 3.63) is 30.3 Å². The molecule has 4 N–H and O–H groups in total. The summed E-state index contributed by atoms with van der Waals surface area (Å²) in [4.78, 5) is 11.6. The fourth-order valence-corrected chi connectivity index (χ4v) is 3.15. The molecule has 0 saturated carbocycles. The molecule has 0 spiro atoms. The Kier molecular flexibility index (Phi) is 5.58. The SMILES string of the molecule is CC(C)Nc1cc(N2C(C)COCC2CO)nc(-c2ccc(N)cc2)n1. The molecule has 0 amide bonds. The second-order valence-corrected chi connectivity index (χ2v) is 6.99. The number of morpholine rings is 1. The van der Waals surface area contributed by atoms with Crippen molar-refractivity contribution in [3.63, 3.8) is 0 Å². The van der Waals surface area contributed by atoms with Crippen LogP contribution in [0.1, 0.15) is 20.8 Å². The van der Waals surface area contributed by atoms with E-state index in [1.807, 2.05) is 30.3 Å². The molecule has 1 aromatic carbocycles. The zero-order chi connectivity index (χ0) is 18.7. The Hall–Kier alpha value is -2.38. The van der Waals surface area contributed by atoms with Gasteiger partial charge in [0.25, 0.3) is 0 Å². The molecular weight excluding hydrogens is 330 g/mol. The van der Waals surface area contributed by atoms with Gasteiger partial charge < -0.3 is 25.8 Å². The summed E-state index contributed by atoms with van der Waals surface area (Å²) >= 11 is 0. The Morgan fingerprint density at radius 1 is 1.27 bits per heavy atom. The van der Waals surface area contributed by atoms with E-state index in [0.717, 1.165) is 17.2 Å². The first-order chi connectivity index (χ1) is 12.5. The van der Waals surface area contributed by atoms with E-state index in [9.17, 15) is 5.11 Å². The molecule has 0 bridgehead atoms. The molecule has 140 valence electrons. The number of hydrogen-bond acceptors (Lipinski definition) is 7. The number of nitrogen functional groups attached to an aromatic ring is 1. The highest BCUT2D eigenvalue weighted by Crippen LogP contribution is 2.27. The zero-order valence-electron chi connectivity index (χ0n) is 15.5. The number of ether oxygens (including phenoxy) is 1. The quantitative estimate of drug-likeness (QED) is 0.705. The molecule has 7 nitrogen and oxygen atoms in total. The van der Waals surface area contributed by atoms with E-state index in [4.69, 9.17) is 15.5 Å². The molecule has 3 rings (SSSR count). The summed E-state index contributed by atoms with van der Waals surface area (Å²) in [7, 11) is 0. The summed E-state index contributed by atoms with van der Waals surface area (Å²) in [5.74, 6) is 2.16. The Labute approximate surface area is 154 Å². The molecule has 26 heavy (non-hydrogen) atoms. The van der Waals surface area contributed by atoms with E-state index in [1.54, 1.807) is 0 Å². The van der Waals surface area contributed by atoms with Gasteiger partial charge in [0.15, 0.2) is 5.82 Å². The van der Waals surface area contributed by atoms with Crippen molar-refractivity contribution in [1.82, 2.24) is 9.97 Å². The predicted molar refractivity (Wildman–Crippen MR) is 104 cm³/mol. The van der Waals surface area contributed by atoms with Crippen LogP contribution in [0.3, 0.4) is 0 Å². The average molecular weight is 357 g/mol. The molecular formula is C19H27N5O2. The average Bonchev–Trinajstić information content (AvgIpc) is 2.61. The molecule has 1 fully saturated rings. The fraction of sp³-hybridized carbons (Fsp3) is 0.474. The van der Waals surface area contributed by atoms with Crippen LogP contribution in [0.15, 0.2) is 30.3 Å². The third kappa shape index (κ3) is 4.05. The van der Waals surface area contributed by atoms with Gasteiger partial charge in [-0.05, 0) is 45.0 Å². The van der Waals surface area contributed by atoms with Gasteiger partial charge in [-0.3, -0.25) is 0 Å². The monoisotopic (exact) mass is 357 g/mol. The van der Waals surface area contributed by atoms with Crippen LogP contribution in [0.5, 0.6) is 0 Å². The van der Waals surface area contributed by atoms with Crippen LogP contribution in [0.4, 0.5) is 17.3 Å². The van der Waals surface area contributed by atoms with Gasteiger partial charge in [0.1, 0.15) is 11.6 Å². The van der Waals surface area contributed by atoms with Crippen LogP contribution < -0.4 is 16.0 Å². The summed E-state index contributed by atoms with van der Waals surface area (Å²) < 4.78 is 5.59. The highest BCUT2D eigenvalue weighted by molar-refractivity contribution is 5.64. The summed E-state index contributed by atoms with van der Waals surface area (Å²) in [6, 6.07) is 9.68. The lowest BCUT2D eigenvalue weighted by Gasteiger charge is -2.40. The highest BCUT2D eigenvalue weighted by atomic mass is 16.5. The number of rotatable bonds is 5. The van der Waals surface area contributed by atoms with Crippen LogP contribution >= 0.6 is 0 Å². The van der Waals surface area contributed by atoms with Gasteiger partial charge in [-0.25, -0.2) is 9.97 Å². The van der Waals surface area contributed by atoms with Gasteiger partial charge in [-0.15, -0.1) is 0 Å². The van der Waals surface area contributed by atoms with Crippen molar-refractivity contribution in [3.8, 4) is 11.4 Å². The third-order valence-corrected chi connectivity index (χ3v) is 4.33. The lowest BCUT2D eigenvalue weighted by molar-refractivity contribution is 0.0517. The molecule has 0 radical (unpaired) electrons. The van der Waals surface area contributed by atoms with Gasteiger partial charge in [0.05, 0.1) is 31.9 Å². The number of hydrogen-bond donors (Lipinski definition) is 3. The number of nitrogens with zero attached hydrogens (tertiary/aromatic N) is 3. The summed E-state index contributed by atoms with van der Waals surface area (Å²) in [5.41, 5.74) is 7.40. The smallest absolute Gasteiger partial charge is 0.163 e. The lowest BCUT2D eigenvalue weighted by atomic mass is 10.1. The van der Waals surface area contributed by atoms with Crippen LogP contribution in [0, 0.1) is 0 Å². The first kappa shape index (κ1) is 18.4. The van der Waals surface area contributed by atoms with Crippen LogP contribution in [0.25, 0.3) is 11.4 Å². The van der Waals surface area contributed by atoms with E-state index < -0.39 is 0 Å². The van der Waals surface area contributed by atoms with E-state index in [2.05, 4.69) is 36.0 Å². The minimum atomic E-state index is -0.125. The van der Waals surface area contributed by atoms with E-state index in [0.29, 0.717) is 24.7 Å². The largest absolute Gasteiger partial charge is 0.399 e. The maximum atomic E-state index is 9.78. The predicted octanol–water partition coefficient (Wildman–Crippen LogP) is 2.13. The van der Waals surface area contributed by atoms with Crippen LogP contribution in [-0.2, 0) is 4.74 Å². The van der Waals surface area contributed by atoms with Crippen molar-refractivity contribution in [2.24, 2.45) is 0 Å². The molecule has 2 atom stereocenters. The fourth-order valence-electron chi connectivity index (χ4n) is 3.15. The van der Waals surface area contributed by atoms with Gasteiger partial charge in [0, 0.05) is 23.4 Å². The van der Waals surface area contributed by atoms with E-state index in [-0.39, 0.29) is 24.7 Å². The maximum Gasteiger partial charge on any atom is 0.163 e. The van der Waals surface area contributed by atoms with E-state index in [1.165, 1.54) is 0 Å². The number of nitrogens with one attached hydrogen (secondary N) is 1. The number of aliphatic hydroxyl groups excluding tert-OH is 1. The number of anilines is 3. The Bertz CT molecular complexity index is 735. The summed E-state index contributed by atoms with van der Waals surface area (Å²) in [5, 5.41) is 13.1. The van der Waals surface area contributed by atoms with Gasteiger partial charge in [0.2, 0.25) is 0 Å². The molecule has 1 aliphatic heterocycles. The second-order valence-electron chi connectivity index (χ2n) is 6.99. The number of nitrogens with two attached hydrogens (primary N) is 1. The standard InChI is InChI=1S/C19H27N5O2/c1-12(2)21-17-8-18(24-13(3)10-26-11-16(24)9-25)23-19(22-17)14-4-6-15(20)7-5-14/h4-8,12-13,16,25H,9-11,20H2,1-3H3,(H,21,22,23). The van der Waals surface area contributed by atoms with Crippen molar-refractivity contribution < 1.29 is 9.84 Å². The Morgan fingerprint density at radius 3 is 2.65 bits per heavy atom. The normalized spacial score (nSPS) is 20.4. The number of aliphatic hydroxyl groups is 1. The molecule has 2 heterocycles. The topological polar surface area (TPSA) is 96.5 Å². The van der Waals surface area contributed by atoms with Crippen molar-refractivity contribution in [2.75, 3.05) is 35.8 Å². The molecule has 0 aliphatic carbocycles. The molecule has 1 saturated heterocycles. The molecule has 2 aromatic rings. The van der Waals surface area contributed by atoms with Gasteiger partial charge in [-0.1, -0.05) is 0 Å². The van der Waals surface area contributed by atoms with Crippen LogP contribution in [-0.4, -0.2) is 53.0 Å². The minimum absolute atomic E-state index is 0.0124. The highest BCUT2D eigenvalue weighted by Gasteiger charge is 2.30. The second kappa shape index (κ2) is 7.88. The van der Waals surface area contributed by atoms with Crippen molar-refractivity contribution in [2.45, 2.75) is 38.9 Å². The van der Waals surface area contributed by atoms with E-state index >= 15 is 0 Å². The van der Waals surface area contributed by atoms with Gasteiger partial charge >= 0.3 is 0 Å². The molecule has 1 aromatic heterocycles. The number of benzene rings is 1. The maximum absolute atomic E-state index is 9.78. The van der Waals surface area contributed by atoms with Gasteiger partial charge in [-0.2, -0.15) is 0 Å². The van der Waals surface area contributed by atoms with Crippen molar-refractivity contribution >= 4 is 17.3 Å². The lowest BCUT2D eigenvalue weighted by Crippen LogP contribution is -2.53. The Morgan fingerprint density at radius 2 is 2.00 bits per heavy atom. The third-order valence-electron chi connectivity index (χ3n) is 4.33. The number of aromatic nitrogens is 2. The summed E-state index contributed by atoms with van der Waals surface area (Å²) in [6.07, 6.45) is 0. The molecule has 2 unspecified atom stereocenters. The minimum Gasteiger partial charge on any atom is -0.399 e. The first-order valence-corrected chi connectivity index (χ1v) is 8.96. The summed E-state index contributed by atoms with van der Waals surface area (Å²) in [6.45, 7) is 7.30.